The van der Waals surface area contributed by atoms with Crippen molar-refractivity contribution in [1.82, 2.24) is 4.98 Å². The van der Waals surface area contributed by atoms with Crippen molar-refractivity contribution in [3.8, 4) is 11.3 Å². The molecule has 7 rings (SSSR count). The summed E-state index contributed by atoms with van der Waals surface area (Å²) in [7, 11) is 0. The Hall–Kier alpha value is -2.67. The molecule has 1 heteroatoms. The molecule has 0 amide bonds. The van der Waals surface area contributed by atoms with E-state index in [1.54, 1.807) is 11.1 Å². The van der Waals surface area contributed by atoms with Crippen LogP contribution in [0.25, 0.3) is 22.2 Å². The molecule has 1 fully saturated rings. The zero-order chi connectivity index (χ0) is 16.2. The number of hydrogen-bond donors (Lipinski definition) is 0. The molecule has 1 aromatic heterocycles. The third kappa shape index (κ3) is 1.37. The molecule has 0 aliphatic heterocycles. The van der Waals surface area contributed by atoms with Crippen molar-refractivity contribution in [1.29, 1.82) is 0 Å². The molecule has 1 saturated carbocycles. The minimum absolute atomic E-state index is 0.345. The number of benzene rings is 2. The van der Waals surface area contributed by atoms with Crippen molar-refractivity contribution >= 4 is 10.9 Å². The van der Waals surface area contributed by atoms with E-state index >= 15 is 0 Å². The molecule has 0 bridgehead atoms. The molecule has 1 nitrogen and oxygen atoms in total. The first-order valence-corrected chi connectivity index (χ1v) is 9.24. The number of rotatable bonds is 1. The Kier molecular flexibility index (Phi) is 1.99. The third-order valence-electron chi connectivity index (χ3n) is 7.05. The summed E-state index contributed by atoms with van der Waals surface area (Å²) in [6, 6.07) is 19.8. The highest BCUT2D eigenvalue weighted by Crippen LogP contribution is 2.77. The van der Waals surface area contributed by atoms with E-state index in [-0.39, 0.29) is 0 Å². The van der Waals surface area contributed by atoms with Gasteiger partial charge >= 0.3 is 0 Å². The predicted molar refractivity (Wildman–Crippen MR) is 100 cm³/mol. The molecule has 118 valence electrons. The lowest BCUT2D eigenvalue weighted by Gasteiger charge is -2.45. The van der Waals surface area contributed by atoms with Gasteiger partial charge in [-0.1, -0.05) is 60.7 Å². The Labute approximate surface area is 146 Å². The van der Waals surface area contributed by atoms with Crippen LogP contribution < -0.4 is 0 Å². The zero-order valence-corrected chi connectivity index (χ0v) is 13.8. The third-order valence-corrected chi connectivity index (χ3v) is 7.05. The summed E-state index contributed by atoms with van der Waals surface area (Å²) >= 11 is 0. The molecule has 3 aromatic rings. The van der Waals surface area contributed by atoms with Crippen LogP contribution in [0, 0.1) is 17.3 Å². The highest BCUT2D eigenvalue weighted by Gasteiger charge is 2.69. The topological polar surface area (TPSA) is 12.9 Å². The average molecular weight is 319 g/mol. The lowest BCUT2D eigenvalue weighted by Crippen LogP contribution is -2.35. The lowest BCUT2D eigenvalue weighted by atomic mass is 9.57. The fourth-order valence-corrected chi connectivity index (χ4v) is 5.81. The molecular formula is C24H17N. The normalized spacial score (nSPS) is 35.0. The fourth-order valence-electron chi connectivity index (χ4n) is 5.81. The van der Waals surface area contributed by atoms with Gasteiger partial charge in [-0.15, -0.1) is 0 Å². The molecule has 5 unspecified atom stereocenters. The van der Waals surface area contributed by atoms with E-state index in [9.17, 15) is 0 Å². The summed E-state index contributed by atoms with van der Waals surface area (Å²) in [5.41, 5.74) is 6.88. The number of fused-ring (bicyclic) bond motifs is 5. The van der Waals surface area contributed by atoms with Crippen molar-refractivity contribution in [3.05, 3.63) is 90.0 Å². The van der Waals surface area contributed by atoms with Gasteiger partial charge in [0, 0.05) is 22.3 Å². The van der Waals surface area contributed by atoms with Crippen LogP contribution >= 0.6 is 0 Å². The Morgan fingerprint density at radius 1 is 0.840 bits per heavy atom. The van der Waals surface area contributed by atoms with E-state index in [2.05, 4.69) is 78.9 Å². The van der Waals surface area contributed by atoms with Gasteiger partial charge in [0.05, 0.1) is 11.2 Å². The number of allylic oxidation sites excluding steroid dienone is 4. The zero-order valence-electron chi connectivity index (χ0n) is 13.8. The van der Waals surface area contributed by atoms with Gasteiger partial charge in [0.1, 0.15) is 0 Å². The Morgan fingerprint density at radius 2 is 1.76 bits per heavy atom. The van der Waals surface area contributed by atoms with Crippen molar-refractivity contribution in [3.63, 3.8) is 0 Å². The van der Waals surface area contributed by atoms with Gasteiger partial charge in [0.15, 0.2) is 0 Å². The largest absolute Gasteiger partial charge is 0.248 e. The second-order valence-electron chi connectivity index (χ2n) is 8.06. The molecule has 5 atom stereocenters. The number of pyridine rings is 1. The van der Waals surface area contributed by atoms with E-state index in [0.29, 0.717) is 11.3 Å². The summed E-state index contributed by atoms with van der Waals surface area (Å²) in [5.74, 6) is 2.98. The molecule has 0 saturated heterocycles. The average Bonchev–Trinajstić information content (AvgIpc) is 3.20. The van der Waals surface area contributed by atoms with Gasteiger partial charge in [-0.3, -0.25) is 0 Å². The molecule has 4 aliphatic rings. The fraction of sp³-hybridized carbons (Fsp3) is 0.208. The van der Waals surface area contributed by atoms with Gasteiger partial charge < -0.3 is 0 Å². The van der Waals surface area contributed by atoms with Crippen LogP contribution in [0.3, 0.4) is 0 Å². The maximum Gasteiger partial charge on any atom is 0.0709 e. The molecule has 0 radical (unpaired) electrons. The first-order chi connectivity index (χ1) is 12.4. The summed E-state index contributed by atoms with van der Waals surface area (Å²) in [6.07, 6.45) is 9.85. The van der Waals surface area contributed by atoms with Crippen LogP contribution in [0.4, 0.5) is 0 Å². The SMILES string of the molecule is C1=CC23C=CC2c2cc(-c4ccc5ccccc5n4)ccc2C2C1C23. The Bertz CT molecular complexity index is 1140. The van der Waals surface area contributed by atoms with Gasteiger partial charge in [-0.05, 0) is 47.1 Å². The van der Waals surface area contributed by atoms with E-state index in [1.165, 1.54) is 10.9 Å². The number of nitrogens with zero attached hydrogens (tertiary/aromatic N) is 1. The Morgan fingerprint density at radius 3 is 2.68 bits per heavy atom. The first-order valence-electron chi connectivity index (χ1n) is 9.24. The van der Waals surface area contributed by atoms with Crippen LogP contribution in [0.15, 0.2) is 78.9 Å². The summed E-state index contributed by atoms with van der Waals surface area (Å²) in [4.78, 5) is 4.90. The predicted octanol–water partition coefficient (Wildman–Crippen LogP) is 5.45. The molecule has 1 spiro atoms. The van der Waals surface area contributed by atoms with Crippen LogP contribution in [0.5, 0.6) is 0 Å². The molecular weight excluding hydrogens is 302 g/mol. The molecule has 1 heterocycles. The molecule has 25 heavy (non-hydrogen) atoms. The Balaban J connectivity index is 1.41. The van der Waals surface area contributed by atoms with E-state index in [4.69, 9.17) is 4.98 Å². The van der Waals surface area contributed by atoms with Crippen molar-refractivity contribution in [2.24, 2.45) is 17.3 Å². The van der Waals surface area contributed by atoms with Crippen molar-refractivity contribution in [2.75, 3.05) is 0 Å². The summed E-state index contributed by atoms with van der Waals surface area (Å²) in [6.45, 7) is 0. The van der Waals surface area contributed by atoms with Crippen LogP contribution in [0.2, 0.25) is 0 Å². The molecule has 0 N–H and O–H groups in total. The standard InChI is InChI=1S/C24H17N/c1-2-4-20-14(3-1)6-8-21(25-20)15-5-7-16-18(13-15)19-10-12-24(19)11-9-17-22(16)23(17)24/h1-13,17,19,22-23H. The monoisotopic (exact) mass is 319 g/mol. The summed E-state index contributed by atoms with van der Waals surface area (Å²) in [5, 5.41) is 1.20. The van der Waals surface area contributed by atoms with Gasteiger partial charge in [0.2, 0.25) is 0 Å². The van der Waals surface area contributed by atoms with E-state index in [0.717, 1.165) is 29.0 Å². The minimum Gasteiger partial charge on any atom is -0.248 e. The van der Waals surface area contributed by atoms with Crippen LogP contribution in [-0.2, 0) is 0 Å². The van der Waals surface area contributed by atoms with Crippen molar-refractivity contribution in [2.45, 2.75) is 11.8 Å². The second-order valence-corrected chi connectivity index (χ2v) is 8.06. The van der Waals surface area contributed by atoms with Crippen LogP contribution in [0.1, 0.15) is 23.0 Å². The van der Waals surface area contributed by atoms with Crippen molar-refractivity contribution < 1.29 is 0 Å². The van der Waals surface area contributed by atoms with Gasteiger partial charge in [-0.25, -0.2) is 4.98 Å². The highest BCUT2D eigenvalue weighted by atomic mass is 14.7. The van der Waals surface area contributed by atoms with E-state index < -0.39 is 0 Å². The number of para-hydroxylation sites is 1. The molecule has 4 aliphatic carbocycles. The smallest absolute Gasteiger partial charge is 0.0709 e. The maximum absolute atomic E-state index is 4.90. The van der Waals surface area contributed by atoms with Gasteiger partial charge in [-0.2, -0.15) is 0 Å². The number of aromatic nitrogens is 1. The molecule has 2 aromatic carbocycles. The number of hydrogen-bond acceptors (Lipinski definition) is 1. The minimum atomic E-state index is 0.345. The van der Waals surface area contributed by atoms with Gasteiger partial charge in [0.25, 0.3) is 0 Å². The first kappa shape index (κ1) is 12.7. The maximum atomic E-state index is 4.90. The highest BCUT2D eigenvalue weighted by molar-refractivity contribution is 5.81. The summed E-state index contributed by atoms with van der Waals surface area (Å²) < 4.78 is 0. The second kappa shape index (κ2) is 3.94. The van der Waals surface area contributed by atoms with Crippen LogP contribution in [-0.4, -0.2) is 4.98 Å². The quantitative estimate of drug-likeness (QED) is 0.543. The van der Waals surface area contributed by atoms with E-state index in [1.807, 2.05) is 0 Å². The lowest BCUT2D eigenvalue weighted by molar-refractivity contribution is 0.322.